The molecule has 2 rings (SSSR count). The molecule has 1 atom stereocenters. The van der Waals surface area contributed by atoms with Crippen molar-refractivity contribution in [2.75, 3.05) is 13.1 Å². The molecule has 1 aliphatic heterocycles. The predicted octanol–water partition coefficient (Wildman–Crippen LogP) is 1.95. The van der Waals surface area contributed by atoms with Crippen molar-refractivity contribution in [3.8, 4) is 0 Å². The molecule has 1 aliphatic carbocycles. The highest BCUT2D eigenvalue weighted by molar-refractivity contribution is 5.79. The molecule has 0 aromatic heterocycles. The third kappa shape index (κ3) is 2.79. The van der Waals surface area contributed by atoms with Crippen molar-refractivity contribution in [1.29, 1.82) is 0 Å². The number of nitrogens with zero attached hydrogens (tertiary/aromatic N) is 1. The van der Waals surface area contributed by atoms with Crippen LogP contribution in [0.5, 0.6) is 0 Å². The maximum absolute atomic E-state index is 12.4. The predicted molar refractivity (Wildman–Crippen MR) is 58.7 cm³/mol. The number of carbonyl (C=O) groups excluding carboxylic acids is 1. The van der Waals surface area contributed by atoms with Crippen LogP contribution in [-0.4, -0.2) is 41.3 Å². The first-order chi connectivity index (χ1) is 8.39. The van der Waals surface area contributed by atoms with E-state index in [1.54, 1.807) is 4.90 Å². The van der Waals surface area contributed by atoms with Crippen LogP contribution in [0.15, 0.2) is 0 Å². The molecule has 6 heteroatoms. The molecule has 1 unspecified atom stereocenters. The first-order valence-electron chi connectivity index (χ1n) is 6.43. The van der Waals surface area contributed by atoms with Crippen LogP contribution in [-0.2, 0) is 4.79 Å². The second-order valence-electron chi connectivity index (χ2n) is 5.28. The Kier molecular flexibility index (Phi) is 3.84. The van der Waals surface area contributed by atoms with Crippen molar-refractivity contribution in [2.45, 2.75) is 44.4 Å². The van der Waals surface area contributed by atoms with Gasteiger partial charge in [0.1, 0.15) is 0 Å². The number of carbonyl (C=O) groups is 1. The van der Waals surface area contributed by atoms with E-state index < -0.39 is 18.2 Å². The Labute approximate surface area is 104 Å². The van der Waals surface area contributed by atoms with Gasteiger partial charge in [0.15, 0.2) is 6.10 Å². The molecule has 18 heavy (non-hydrogen) atoms. The number of halogens is 3. The molecule has 0 bridgehead atoms. The van der Waals surface area contributed by atoms with Gasteiger partial charge in [0.05, 0.1) is 0 Å². The van der Waals surface area contributed by atoms with Crippen LogP contribution in [0.1, 0.15) is 32.1 Å². The van der Waals surface area contributed by atoms with Crippen LogP contribution in [0.4, 0.5) is 13.2 Å². The number of rotatable bonds is 2. The van der Waals surface area contributed by atoms with Crippen molar-refractivity contribution in [2.24, 2.45) is 11.8 Å². The normalized spacial score (nSPS) is 24.8. The van der Waals surface area contributed by atoms with Crippen LogP contribution in [0.25, 0.3) is 0 Å². The molecule has 1 N–H and O–H groups in total. The van der Waals surface area contributed by atoms with Crippen molar-refractivity contribution < 1.29 is 23.1 Å². The Bertz CT molecular complexity index is 307. The van der Waals surface area contributed by atoms with E-state index in [-0.39, 0.29) is 24.7 Å². The van der Waals surface area contributed by atoms with E-state index in [1.807, 2.05) is 0 Å². The van der Waals surface area contributed by atoms with Crippen molar-refractivity contribution in [3.05, 3.63) is 0 Å². The minimum absolute atomic E-state index is 0.0844. The molecular weight excluding hydrogens is 247 g/mol. The molecule has 1 saturated heterocycles. The third-order valence-electron chi connectivity index (χ3n) is 4.09. The Morgan fingerprint density at radius 3 is 2.11 bits per heavy atom. The number of likely N-dealkylation sites (tertiary alicyclic amines) is 1. The molecule has 3 nitrogen and oxygen atoms in total. The van der Waals surface area contributed by atoms with Gasteiger partial charge in [-0.1, -0.05) is 6.42 Å². The fraction of sp³-hybridized carbons (Fsp3) is 0.917. The number of hydrogen-bond donors (Lipinski definition) is 1. The smallest absolute Gasteiger partial charge is 0.383 e. The topological polar surface area (TPSA) is 40.5 Å². The summed E-state index contributed by atoms with van der Waals surface area (Å²) in [6, 6.07) is 0. The summed E-state index contributed by atoms with van der Waals surface area (Å²) in [5.74, 6) is -0.592. The number of aliphatic hydroxyl groups excluding tert-OH is 1. The van der Waals surface area contributed by atoms with Gasteiger partial charge in [-0.05, 0) is 31.6 Å². The monoisotopic (exact) mass is 265 g/mol. The number of alkyl halides is 3. The van der Waals surface area contributed by atoms with Crippen molar-refractivity contribution >= 4 is 5.91 Å². The van der Waals surface area contributed by atoms with Gasteiger partial charge in [0.2, 0.25) is 5.91 Å². The molecule has 0 spiro atoms. The Balaban J connectivity index is 1.82. The molecule has 2 fully saturated rings. The van der Waals surface area contributed by atoms with Crippen molar-refractivity contribution in [1.82, 2.24) is 4.90 Å². The lowest BCUT2D eigenvalue weighted by molar-refractivity contribution is -0.223. The maximum Gasteiger partial charge on any atom is 0.414 e. The zero-order valence-electron chi connectivity index (χ0n) is 10.1. The SMILES string of the molecule is O=C(C1CCC1)N1CCC(C(O)C(F)(F)F)CC1. The summed E-state index contributed by atoms with van der Waals surface area (Å²) in [5.41, 5.74) is 0. The quantitative estimate of drug-likeness (QED) is 0.829. The molecule has 1 saturated carbocycles. The standard InChI is InChI=1S/C12H18F3NO2/c13-12(14,15)10(17)8-4-6-16(7-5-8)11(18)9-2-1-3-9/h8-10,17H,1-7H2. The molecular formula is C12H18F3NO2. The second kappa shape index (κ2) is 5.07. The summed E-state index contributed by atoms with van der Waals surface area (Å²) in [4.78, 5) is 13.6. The van der Waals surface area contributed by atoms with Crippen LogP contribution in [0.3, 0.4) is 0 Å². The third-order valence-corrected chi connectivity index (χ3v) is 4.09. The zero-order chi connectivity index (χ0) is 13.3. The van der Waals surface area contributed by atoms with E-state index in [1.165, 1.54) is 0 Å². The van der Waals surface area contributed by atoms with Gasteiger partial charge in [-0.2, -0.15) is 13.2 Å². The summed E-state index contributed by atoms with van der Waals surface area (Å²) in [6.45, 7) is 0.681. The first-order valence-corrected chi connectivity index (χ1v) is 6.43. The summed E-state index contributed by atoms with van der Waals surface area (Å²) < 4.78 is 37.1. The molecule has 0 radical (unpaired) electrons. The van der Waals surface area contributed by atoms with Crippen LogP contribution >= 0.6 is 0 Å². The maximum atomic E-state index is 12.4. The van der Waals surface area contributed by atoms with E-state index in [0.29, 0.717) is 13.1 Å². The van der Waals surface area contributed by atoms with Crippen molar-refractivity contribution in [3.63, 3.8) is 0 Å². The lowest BCUT2D eigenvalue weighted by Gasteiger charge is -2.38. The average Bonchev–Trinajstić information content (AvgIpc) is 2.24. The summed E-state index contributed by atoms with van der Waals surface area (Å²) in [6.07, 6.45) is -3.45. The summed E-state index contributed by atoms with van der Waals surface area (Å²) in [5, 5.41) is 9.17. The van der Waals surface area contributed by atoms with E-state index in [9.17, 15) is 23.1 Å². The fourth-order valence-electron chi connectivity index (χ4n) is 2.62. The molecule has 104 valence electrons. The average molecular weight is 265 g/mol. The molecule has 1 heterocycles. The number of aliphatic hydroxyl groups is 1. The van der Waals surface area contributed by atoms with Crippen LogP contribution in [0, 0.1) is 11.8 Å². The van der Waals surface area contributed by atoms with Gasteiger partial charge in [0.25, 0.3) is 0 Å². The van der Waals surface area contributed by atoms with E-state index in [0.717, 1.165) is 19.3 Å². The highest BCUT2D eigenvalue weighted by atomic mass is 19.4. The summed E-state index contributed by atoms with van der Waals surface area (Å²) in [7, 11) is 0. The highest BCUT2D eigenvalue weighted by Gasteiger charge is 2.44. The van der Waals surface area contributed by atoms with E-state index in [4.69, 9.17) is 0 Å². The lowest BCUT2D eigenvalue weighted by atomic mass is 9.83. The minimum atomic E-state index is -4.55. The molecule has 1 amide bonds. The first kappa shape index (κ1) is 13.6. The van der Waals surface area contributed by atoms with Gasteiger partial charge >= 0.3 is 6.18 Å². The zero-order valence-corrected chi connectivity index (χ0v) is 10.1. The Hall–Kier alpha value is -0.780. The second-order valence-corrected chi connectivity index (χ2v) is 5.28. The van der Waals surface area contributed by atoms with Crippen LogP contribution in [0.2, 0.25) is 0 Å². The largest absolute Gasteiger partial charge is 0.414 e. The summed E-state index contributed by atoms with van der Waals surface area (Å²) >= 11 is 0. The van der Waals surface area contributed by atoms with Gasteiger partial charge in [-0.25, -0.2) is 0 Å². The van der Waals surface area contributed by atoms with Crippen LogP contribution < -0.4 is 0 Å². The fourth-order valence-corrected chi connectivity index (χ4v) is 2.62. The van der Waals surface area contributed by atoms with Gasteiger partial charge in [-0.15, -0.1) is 0 Å². The molecule has 0 aromatic carbocycles. The number of piperidine rings is 1. The van der Waals surface area contributed by atoms with E-state index >= 15 is 0 Å². The number of hydrogen-bond acceptors (Lipinski definition) is 2. The highest BCUT2D eigenvalue weighted by Crippen LogP contribution is 2.33. The van der Waals surface area contributed by atoms with Gasteiger partial charge < -0.3 is 10.0 Å². The van der Waals surface area contributed by atoms with Gasteiger partial charge in [0, 0.05) is 19.0 Å². The Morgan fingerprint density at radius 2 is 1.72 bits per heavy atom. The lowest BCUT2D eigenvalue weighted by Crippen LogP contribution is -2.47. The van der Waals surface area contributed by atoms with Gasteiger partial charge in [-0.3, -0.25) is 4.79 Å². The minimum Gasteiger partial charge on any atom is -0.383 e. The Morgan fingerprint density at radius 1 is 1.17 bits per heavy atom. The van der Waals surface area contributed by atoms with E-state index in [2.05, 4.69) is 0 Å². The number of amides is 1. The molecule has 0 aromatic rings. The molecule has 2 aliphatic rings.